The molecule has 0 spiro atoms. The Morgan fingerprint density at radius 2 is 2.47 bits per heavy atom. The van der Waals surface area contributed by atoms with Gasteiger partial charge in [0.25, 0.3) is 0 Å². The smallest absolute Gasteiger partial charge is 0.307 e. The highest BCUT2D eigenvalue weighted by atomic mass is 32.2. The zero-order valence-electron chi connectivity index (χ0n) is 9.30. The number of hydrogen-bond donors (Lipinski definition) is 1. The van der Waals surface area contributed by atoms with Crippen LogP contribution in [-0.2, 0) is 14.3 Å². The molecule has 2 heterocycles. The molecular weight excluding hydrogens is 240 g/mol. The van der Waals surface area contributed by atoms with Gasteiger partial charge in [0, 0.05) is 6.20 Å². The number of ether oxygens (including phenoxy) is 1. The summed E-state index contributed by atoms with van der Waals surface area (Å²) in [5, 5.41) is 3.00. The minimum Gasteiger partial charge on any atom is -0.466 e. The highest BCUT2D eigenvalue weighted by molar-refractivity contribution is 8.00. The van der Waals surface area contributed by atoms with Crippen LogP contribution < -0.4 is 5.32 Å². The lowest BCUT2D eigenvalue weighted by molar-refractivity contribution is -0.143. The fraction of sp³-hybridized carbons (Fsp3) is 0.364. The van der Waals surface area contributed by atoms with Crippen LogP contribution in [0.15, 0.2) is 23.4 Å². The van der Waals surface area contributed by atoms with Crippen molar-refractivity contribution >= 4 is 29.3 Å². The fourth-order valence-electron chi connectivity index (χ4n) is 1.49. The van der Waals surface area contributed by atoms with Crippen molar-refractivity contribution in [3.05, 3.63) is 18.3 Å². The van der Waals surface area contributed by atoms with Gasteiger partial charge in [-0.15, -0.1) is 0 Å². The molecule has 0 saturated carbocycles. The SMILES string of the molecule is CCOC(=O)C[C@H]1Sc2ncccc2NC1=O. The summed E-state index contributed by atoms with van der Waals surface area (Å²) in [6.07, 6.45) is 1.73. The first-order valence-corrected chi connectivity index (χ1v) is 6.17. The molecule has 2 rings (SSSR count). The summed E-state index contributed by atoms with van der Waals surface area (Å²) in [6.45, 7) is 2.06. The first-order chi connectivity index (χ1) is 8.20. The molecule has 17 heavy (non-hydrogen) atoms. The van der Waals surface area contributed by atoms with E-state index in [-0.39, 0.29) is 18.3 Å². The molecule has 0 unspecified atom stereocenters. The number of carbonyl (C=O) groups excluding carboxylic acids is 2. The first kappa shape index (κ1) is 11.9. The predicted molar refractivity (Wildman–Crippen MR) is 63.8 cm³/mol. The number of nitrogens with one attached hydrogen (secondary N) is 1. The Morgan fingerprint density at radius 1 is 1.65 bits per heavy atom. The molecule has 0 saturated heterocycles. The fourth-order valence-corrected chi connectivity index (χ4v) is 2.51. The topological polar surface area (TPSA) is 68.3 Å². The minimum atomic E-state index is -0.462. The summed E-state index contributed by atoms with van der Waals surface area (Å²) in [5.74, 6) is -0.539. The number of amides is 1. The number of rotatable bonds is 3. The van der Waals surface area contributed by atoms with Crippen LogP contribution in [0.1, 0.15) is 13.3 Å². The van der Waals surface area contributed by atoms with Crippen molar-refractivity contribution in [1.82, 2.24) is 4.98 Å². The molecule has 0 bridgehead atoms. The second kappa shape index (κ2) is 5.18. The maximum absolute atomic E-state index is 11.7. The summed E-state index contributed by atoms with van der Waals surface area (Å²) in [4.78, 5) is 27.2. The molecule has 0 aromatic carbocycles. The van der Waals surface area contributed by atoms with Crippen molar-refractivity contribution < 1.29 is 14.3 Å². The van der Waals surface area contributed by atoms with Gasteiger partial charge in [-0.3, -0.25) is 9.59 Å². The lowest BCUT2D eigenvalue weighted by Gasteiger charge is -2.22. The number of esters is 1. The number of thioether (sulfide) groups is 1. The van der Waals surface area contributed by atoms with E-state index in [0.717, 1.165) is 5.03 Å². The Hall–Kier alpha value is -1.56. The van der Waals surface area contributed by atoms with Crippen LogP contribution in [0, 0.1) is 0 Å². The van der Waals surface area contributed by atoms with E-state index in [1.807, 2.05) is 0 Å². The average molecular weight is 252 g/mol. The van der Waals surface area contributed by atoms with Gasteiger partial charge in [-0.2, -0.15) is 0 Å². The van der Waals surface area contributed by atoms with E-state index in [1.54, 1.807) is 25.3 Å². The number of pyridine rings is 1. The molecule has 6 heteroatoms. The zero-order chi connectivity index (χ0) is 12.3. The monoisotopic (exact) mass is 252 g/mol. The lowest BCUT2D eigenvalue weighted by Crippen LogP contribution is -2.31. The van der Waals surface area contributed by atoms with E-state index in [9.17, 15) is 9.59 Å². The Kier molecular flexibility index (Phi) is 3.63. The molecule has 90 valence electrons. The standard InChI is InChI=1S/C11H12N2O3S/c1-2-16-9(14)6-8-10(15)13-7-4-3-5-12-11(7)17-8/h3-5,8H,2,6H2,1H3,(H,13,15)/t8-/m1/s1. The maximum Gasteiger partial charge on any atom is 0.307 e. The van der Waals surface area contributed by atoms with Gasteiger partial charge in [0.1, 0.15) is 10.3 Å². The Bertz CT molecular complexity index is 450. The number of nitrogens with zero attached hydrogens (tertiary/aromatic N) is 1. The van der Waals surface area contributed by atoms with Crippen molar-refractivity contribution in [2.75, 3.05) is 11.9 Å². The van der Waals surface area contributed by atoms with Crippen molar-refractivity contribution in [3.8, 4) is 0 Å². The minimum absolute atomic E-state index is 0.0698. The molecular formula is C11H12N2O3S. The Labute approximate surface area is 103 Å². The Morgan fingerprint density at radius 3 is 3.24 bits per heavy atom. The summed E-state index contributed by atoms with van der Waals surface area (Å²) >= 11 is 1.30. The highest BCUT2D eigenvalue weighted by Crippen LogP contribution is 2.34. The van der Waals surface area contributed by atoms with Gasteiger partial charge in [0.05, 0.1) is 18.7 Å². The second-order valence-corrected chi connectivity index (χ2v) is 4.65. The zero-order valence-corrected chi connectivity index (χ0v) is 10.1. The van der Waals surface area contributed by atoms with Gasteiger partial charge in [0.2, 0.25) is 5.91 Å². The van der Waals surface area contributed by atoms with E-state index in [4.69, 9.17) is 4.74 Å². The number of fused-ring (bicyclic) bond motifs is 1. The molecule has 1 aliphatic rings. The highest BCUT2D eigenvalue weighted by Gasteiger charge is 2.29. The normalized spacial score (nSPS) is 18.2. The van der Waals surface area contributed by atoms with Crippen molar-refractivity contribution in [1.29, 1.82) is 0 Å². The molecule has 1 amide bonds. The predicted octanol–water partition coefficient (Wildman–Crippen LogP) is 1.45. The van der Waals surface area contributed by atoms with Gasteiger partial charge in [-0.25, -0.2) is 4.98 Å². The quantitative estimate of drug-likeness (QED) is 0.824. The largest absolute Gasteiger partial charge is 0.466 e. The third-order valence-electron chi connectivity index (χ3n) is 2.23. The van der Waals surface area contributed by atoms with Crippen LogP contribution in [0.25, 0.3) is 0 Å². The molecule has 0 fully saturated rings. The van der Waals surface area contributed by atoms with E-state index < -0.39 is 5.25 Å². The van der Waals surface area contributed by atoms with Gasteiger partial charge >= 0.3 is 5.97 Å². The number of carbonyl (C=O) groups is 2. The van der Waals surface area contributed by atoms with Crippen LogP contribution in [0.5, 0.6) is 0 Å². The third-order valence-corrected chi connectivity index (χ3v) is 3.45. The molecule has 1 N–H and O–H groups in total. The van der Waals surface area contributed by atoms with Gasteiger partial charge in [-0.1, -0.05) is 11.8 Å². The second-order valence-electron chi connectivity index (χ2n) is 3.46. The molecule has 0 radical (unpaired) electrons. The lowest BCUT2D eigenvalue weighted by atomic mass is 10.2. The van der Waals surface area contributed by atoms with E-state index in [2.05, 4.69) is 10.3 Å². The van der Waals surface area contributed by atoms with Gasteiger partial charge in [-0.05, 0) is 19.1 Å². The first-order valence-electron chi connectivity index (χ1n) is 5.29. The van der Waals surface area contributed by atoms with E-state index in [1.165, 1.54) is 11.8 Å². The molecule has 5 nitrogen and oxygen atoms in total. The third kappa shape index (κ3) is 2.76. The van der Waals surface area contributed by atoms with Crippen molar-refractivity contribution in [2.24, 2.45) is 0 Å². The van der Waals surface area contributed by atoms with E-state index in [0.29, 0.717) is 12.3 Å². The summed E-state index contributed by atoms with van der Waals surface area (Å²) in [5.41, 5.74) is 0.697. The molecule has 1 aliphatic heterocycles. The van der Waals surface area contributed by atoms with Crippen LogP contribution in [0.2, 0.25) is 0 Å². The molecule has 1 aromatic rings. The Balaban J connectivity index is 2.07. The summed E-state index contributed by atoms with van der Waals surface area (Å²) < 4.78 is 4.83. The van der Waals surface area contributed by atoms with Crippen molar-refractivity contribution in [2.45, 2.75) is 23.6 Å². The van der Waals surface area contributed by atoms with Crippen LogP contribution in [0.4, 0.5) is 5.69 Å². The van der Waals surface area contributed by atoms with Crippen LogP contribution >= 0.6 is 11.8 Å². The number of anilines is 1. The molecule has 1 aromatic heterocycles. The maximum atomic E-state index is 11.7. The number of hydrogen-bond acceptors (Lipinski definition) is 5. The average Bonchev–Trinajstić information content (AvgIpc) is 2.30. The van der Waals surface area contributed by atoms with Crippen LogP contribution in [0.3, 0.4) is 0 Å². The number of aromatic nitrogens is 1. The summed E-state index contributed by atoms with van der Waals surface area (Å²) in [6, 6.07) is 3.54. The van der Waals surface area contributed by atoms with Crippen LogP contribution in [-0.4, -0.2) is 28.7 Å². The summed E-state index contributed by atoms with van der Waals surface area (Å²) in [7, 11) is 0. The molecule has 0 aliphatic carbocycles. The van der Waals surface area contributed by atoms with E-state index >= 15 is 0 Å². The molecule has 1 atom stereocenters. The van der Waals surface area contributed by atoms with Crippen molar-refractivity contribution in [3.63, 3.8) is 0 Å². The van der Waals surface area contributed by atoms with Gasteiger partial charge in [0.15, 0.2) is 0 Å². The van der Waals surface area contributed by atoms with Gasteiger partial charge < -0.3 is 10.1 Å².